The normalized spacial score (nSPS) is 18.8. The number of aromatic nitrogens is 1. The van der Waals surface area contributed by atoms with Gasteiger partial charge < -0.3 is 15.0 Å². The number of imide groups is 1. The monoisotopic (exact) mass is 662 g/mol. The lowest BCUT2D eigenvalue weighted by molar-refractivity contribution is -0.122. The van der Waals surface area contributed by atoms with Crippen LogP contribution in [0.15, 0.2) is 82.6 Å². The van der Waals surface area contributed by atoms with Crippen LogP contribution in [0.4, 0.5) is 17.1 Å². The van der Waals surface area contributed by atoms with Gasteiger partial charge in [-0.3, -0.25) is 23.7 Å². The Morgan fingerprint density at radius 1 is 0.933 bits per heavy atom. The molecule has 232 valence electrons. The number of benzene rings is 3. The molecular weight excluding hydrogens is 632 g/mol. The molecule has 45 heavy (non-hydrogen) atoms. The Labute approximate surface area is 273 Å². The van der Waals surface area contributed by atoms with Gasteiger partial charge in [-0.05, 0) is 80.1 Å². The summed E-state index contributed by atoms with van der Waals surface area (Å²) < 4.78 is 6.60. The zero-order chi connectivity index (χ0) is 31.8. The van der Waals surface area contributed by atoms with Crippen LogP contribution in [0.3, 0.4) is 0 Å². The molecule has 0 aliphatic carbocycles. The average molecular weight is 663 g/mol. The molecule has 12 heteroatoms. The zero-order valence-electron chi connectivity index (χ0n) is 24.9. The number of thioether (sulfide) groups is 1. The molecule has 1 saturated heterocycles. The molecule has 2 aliphatic heterocycles. The molecule has 3 aromatic carbocycles. The predicted molar refractivity (Wildman–Crippen MR) is 179 cm³/mol. The van der Waals surface area contributed by atoms with Crippen LogP contribution in [0, 0.1) is 5.92 Å². The fourth-order valence-electron chi connectivity index (χ4n) is 5.96. The molecular formula is C33H31ClN4O5S2. The minimum atomic E-state index is -0.780. The molecule has 3 atom stereocenters. The number of amides is 3. The summed E-state index contributed by atoms with van der Waals surface area (Å²) in [6.45, 7) is 5.63. The third-order valence-corrected chi connectivity index (χ3v) is 11.0. The summed E-state index contributed by atoms with van der Waals surface area (Å²) >= 11 is 8.30. The first-order valence-electron chi connectivity index (χ1n) is 14.6. The lowest BCUT2D eigenvalue weighted by atomic mass is 9.83. The van der Waals surface area contributed by atoms with Crippen LogP contribution in [-0.2, 0) is 20.9 Å². The Morgan fingerprint density at radius 2 is 1.60 bits per heavy atom. The lowest BCUT2D eigenvalue weighted by Gasteiger charge is -2.31. The summed E-state index contributed by atoms with van der Waals surface area (Å²) in [6, 6.07) is 21.5. The second-order valence-electron chi connectivity index (χ2n) is 10.7. The van der Waals surface area contributed by atoms with Gasteiger partial charge in [0, 0.05) is 40.3 Å². The summed E-state index contributed by atoms with van der Waals surface area (Å²) in [5, 5.41) is 3.08. The van der Waals surface area contributed by atoms with E-state index in [2.05, 4.69) is 24.1 Å². The topological polar surface area (TPSA) is 101 Å². The van der Waals surface area contributed by atoms with Crippen molar-refractivity contribution in [1.82, 2.24) is 4.57 Å². The number of halogens is 1. The van der Waals surface area contributed by atoms with E-state index in [1.165, 1.54) is 21.2 Å². The average Bonchev–Trinajstić information content (AvgIpc) is 3.49. The molecule has 3 amide bonds. The molecule has 0 saturated carbocycles. The maximum Gasteiger partial charge on any atom is 0.308 e. The van der Waals surface area contributed by atoms with Crippen LogP contribution in [0.5, 0.6) is 5.75 Å². The van der Waals surface area contributed by atoms with Gasteiger partial charge in [-0.15, -0.1) is 0 Å². The summed E-state index contributed by atoms with van der Waals surface area (Å²) in [5.74, 6) is -1.70. The fourth-order valence-corrected chi connectivity index (χ4v) is 8.86. The molecule has 9 nitrogen and oxygen atoms in total. The van der Waals surface area contributed by atoms with Crippen LogP contribution in [0.2, 0.25) is 5.02 Å². The second kappa shape index (κ2) is 12.7. The standard InChI is InChI=1S/C33H31ClN4O5S2/c1-4-36(5-2)22-12-6-19(7-13-22)26-27-28(31(41)38(30(27)40)23-14-8-20(34)9-15-23)44-32-29(26)45-33(42)37(32)18-25(39)35-21-10-16-24(43-3)17-11-21/h6-17,26-28H,4-5,18H2,1-3H3,(H,35,39). The highest BCUT2D eigenvalue weighted by molar-refractivity contribution is 8.00. The maximum absolute atomic E-state index is 14.1. The summed E-state index contributed by atoms with van der Waals surface area (Å²) in [5.41, 5.74) is 2.88. The molecule has 1 fully saturated rings. The minimum absolute atomic E-state index is 0.238. The first-order chi connectivity index (χ1) is 21.7. The van der Waals surface area contributed by atoms with Gasteiger partial charge in [0.15, 0.2) is 0 Å². The number of carbonyl (C=O) groups is 3. The molecule has 1 aromatic heterocycles. The van der Waals surface area contributed by atoms with E-state index in [-0.39, 0.29) is 29.1 Å². The van der Waals surface area contributed by atoms with Crippen molar-refractivity contribution in [2.45, 2.75) is 36.6 Å². The van der Waals surface area contributed by atoms with Gasteiger partial charge in [0.25, 0.3) is 0 Å². The number of nitrogens with one attached hydrogen (secondary N) is 1. The van der Waals surface area contributed by atoms with Crippen molar-refractivity contribution < 1.29 is 19.1 Å². The molecule has 6 rings (SSSR count). The third-order valence-electron chi connectivity index (χ3n) is 8.19. The molecule has 2 aliphatic rings. The second-order valence-corrected chi connectivity index (χ2v) is 13.3. The van der Waals surface area contributed by atoms with Crippen LogP contribution < -0.4 is 24.7 Å². The number of hydrogen-bond acceptors (Lipinski definition) is 8. The molecule has 4 aromatic rings. The van der Waals surface area contributed by atoms with E-state index in [9.17, 15) is 19.2 Å². The number of thiazole rings is 1. The minimum Gasteiger partial charge on any atom is -0.497 e. The lowest BCUT2D eigenvalue weighted by Crippen LogP contribution is -2.33. The highest BCUT2D eigenvalue weighted by Gasteiger charge is 2.56. The van der Waals surface area contributed by atoms with E-state index in [1.807, 2.05) is 24.3 Å². The van der Waals surface area contributed by atoms with Crippen molar-refractivity contribution in [3.63, 3.8) is 0 Å². The number of nitrogens with zero attached hydrogens (tertiary/aromatic N) is 3. The number of anilines is 3. The highest BCUT2D eigenvalue weighted by atomic mass is 35.5. The van der Waals surface area contributed by atoms with Gasteiger partial charge in [-0.2, -0.15) is 0 Å². The number of fused-ring (bicyclic) bond motifs is 2. The number of ether oxygens (including phenoxy) is 1. The number of carbonyl (C=O) groups excluding carboxylic acids is 3. The van der Waals surface area contributed by atoms with E-state index in [0.717, 1.165) is 35.7 Å². The SMILES string of the molecule is CCN(CC)c1ccc(C2c3sc(=O)n(CC(=O)Nc4ccc(OC)cc4)c3SC3C(=O)N(c4ccc(Cl)cc4)C(=O)C32)cc1. The van der Waals surface area contributed by atoms with Crippen molar-refractivity contribution in [3.8, 4) is 5.75 Å². The van der Waals surface area contributed by atoms with E-state index < -0.39 is 17.1 Å². The number of rotatable bonds is 9. The Hall–Kier alpha value is -4.06. The summed E-state index contributed by atoms with van der Waals surface area (Å²) in [4.78, 5) is 58.5. The Morgan fingerprint density at radius 3 is 2.22 bits per heavy atom. The largest absolute Gasteiger partial charge is 0.497 e. The van der Waals surface area contributed by atoms with Crippen LogP contribution in [0.25, 0.3) is 0 Å². The van der Waals surface area contributed by atoms with Crippen molar-refractivity contribution in [1.29, 1.82) is 0 Å². The smallest absolute Gasteiger partial charge is 0.308 e. The molecule has 0 bridgehead atoms. The Balaban J connectivity index is 1.39. The Kier molecular flexibility index (Phi) is 8.76. The van der Waals surface area contributed by atoms with Gasteiger partial charge in [0.1, 0.15) is 17.5 Å². The van der Waals surface area contributed by atoms with Crippen molar-refractivity contribution in [2.24, 2.45) is 5.92 Å². The number of methoxy groups -OCH3 is 1. The maximum atomic E-state index is 14.1. The van der Waals surface area contributed by atoms with Gasteiger partial charge in [-0.1, -0.05) is 46.8 Å². The van der Waals surface area contributed by atoms with E-state index in [4.69, 9.17) is 16.3 Å². The van der Waals surface area contributed by atoms with Crippen molar-refractivity contribution >= 4 is 69.5 Å². The molecule has 0 spiro atoms. The van der Waals surface area contributed by atoms with Gasteiger partial charge in [-0.25, -0.2) is 4.90 Å². The molecule has 3 unspecified atom stereocenters. The van der Waals surface area contributed by atoms with Gasteiger partial charge in [0.2, 0.25) is 17.7 Å². The predicted octanol–water partition coefficient (Wildman–Crippen LogP) is 5.85. The first kappa shape index (κ1) is 30.9. The van der Waals surface area contributed by atoms with Crippen LogP contribution >= 0.6 is 34.7 Å². The fraction of sp³-hybridized carbons (Fsp3) is 0.273. The number of hydrogen-bond donors (Lipinski definition) is 1. The van der Waals surface area contributed by atoms with Crippen LogP contribution in [-0.4, -0.2) is 47.7 Å². The third kappa shape index (κ3) is 5.76. The van der Waals surface area contributed by atoms with E-state index in [1.54, 1.807) is 55.6 Å². The van der Waals surface area contributed by atoms with Gasteiger partial charge >= 0.3 is 4.87 Å². The van der Waals surface area contributed by atoms with Crippen molar-refractivity contribution in [2.75, 3.05) is 35.3 Å². The van der Waals surface area contributed by atoms with Crippen LogP contribution in [0.1, 0.15) is 30.2 Å². The van der Waals surface area contributed by atoms with E-state index >= 15 is 0 Å². The Bertz CT molecular complexity index is 1800. The quantitative estimate of drug-likeness (QED) is 0.224. The summed E-state index contributed by atoms with van der Waals surface area (Å²) in [7, 11) is 1.56. The summed E-state index contributed by atoms with van der Waals surface area (Å²) in [6.07, 6.45) is 0. The van der Waals surface area contributed by atoms with E-state index in [0.29, 0.717) is 32.1 Å². The highest BCUT2D eigenvalue weighted by Crippen LogP contribution is 2.54. The first-order valence-corrected chi connectivity index (χ1v) is 16.6. The molecule has 1 N–H and O–H groups in total. The zero-order valence-corrected chi connectivity index (χ0v) is 27.2. The molecule has 0 radical (unpaired) electrons. The molecule has 3 heterocycles. The van der Waals surface area contributed by atoms with Gasteiger partial charge in [0.05, 0.1) is 23.7 Å². The van der Waals surface area contributed by atoms with Crippen molar-refractivity contribution in [3.05, 3.63) is 97.9 Å².